The Morgan fingerprint density at radius 3 is 2.37 bits per heavy atom. The fourth-order valence-electron chi connectivity index (χ4n) is 1.50. The van der Waals surface area contributed by atoms with Crippen molar-refractivity contribution in [2.75, 3.05) is 5.75 Å². The lowest BCUT2D eigenvalue weighted by atomic mass is 10.0. The highest BCUT2D eigenvalue weighted by Crippen LogP contribution is 2.14. The maximum absolute atomic E-state index is 11.7. The van der Waals surface area contributed by atoms with Gasteiger partial charge in [0.1, 0.15) is 0 Å². The Balaban J connectivity index is 2.31. The lowest BCUT2D eigenvalue weighted by Crippen LogP contribution is -2.43. The Labute approximate surface area is 119 Å². The highest BCUT2D eigenvalue weighted by atomic mass is 32.2. The molecule has 0 spiro atoms. The van der Waals surface area contributed by atoms with Crippen molar-refractivity contribution in [3.63, 3.8) is 0 Å². The van der Waals surface area contributed by atoms with Gasteiger partial charge < -0.3 is 10.4 Å². The molecule has 1 aromatic rings. The highest BCUT2D eigenvalue weighted by Gasteiger charge is 2.17. The molecule has 0 aliphatic rings. The topological polar surface area (TPSA) is 49.3 Å². The summed E-state index contributed by atoms with van der Waals surface area (Å²) in [6, 6.07) is 7.81. The monoisotopic (exact) mass is 281 g/mol. The molecule has 0 saturated heterocycles. The van der Waals surface area contributed by atoms with E-state index in [0.29, 0.717) is 5.75 Å². The molecule has 1 rings (SSSR count). The normalized spacial score (nSPS) is 11.4. The molecule has 1 amide bonds. The average Bonchev–Trinajstić information content (AvgIpc) is 2.39. The summed E-state index contributed by atoms with van der Waals surface area (Å²) in [6.45, 7) is 6.20. The first-order valence-electron chi connectivity index (χ1n) is 6.54. The molecule has 0 heterocycles. The summed E-state index contributed by atoms with van der Waals surface area (Å²) in [6.07, 6.45) is 0.923. The number of rotatable bonds is 7. The fourth-order valence-corrected chi connectivity index (χ4v) is 2.29. The minimum atomic E-state index is -0.125. The van der Waals surface area contributed by atoms with E-state index >= 15 is 0 Å². The van der Waals surface area contributed by atoms with E-state index in [1.54, 1.807) is 11.8 Å². The van der Waals surface area contributed by atoms with Crippen LogP contribution in [0.3, 0.4) is 0 Å². The van der Waals surface area contributed by atoms with E-state index in [9.17, 15) is 4.79 Å². The number of amides is 1. The standard InChI is InChI=1S/C15H23NO2S/c1-4-15(2,3)16-14(18)11-19-10-13-7-5-12(9-17)6-8-13/h5-8,17H,4,9-11H2,1-3H3,(H,16,18). The summed E-state index contributed by atoms with van der Waals surface area (Å²) in [4.78, 5) is 11.7. The molecular formula is C15H23NO2S. The van der Waals surface area contributed by atoms with Gasteiger partial charge in [-0.1, -0.05) is 31.2 Å². The molecule has 0 bridgehead atoms. The minimum Gasteiger partial charge on any atom is -0.392 e. The summed E-state index contributed by atoms with van der Waals surface area (Å²) in [5.74, 6) is 1.38. The number of aliphatic hydroxyl groups excluding tert-OH is 1. The van der Waals surface area contributed by atoms with Crippen molar-refractivity contribution >= 4 is 17.7 Å². The lowest BCUT2D eigenvalue weighted by molar-refractivity contribution is -0.120. The van der Waals surface area contributed by atoms with Crippen molar-refractivity contribution in [1.82, 2.24) is 5.32 Å². The molecule has 0 aliphatic carbocycles. The van der Waals surface area contributed by atoms with Gasteiger partial charge in [0.15, 0.2) is 0 Å². The maximum Gasteiger partial charge on any atom is 0.230 e. The van der Waals surface area contributed by atoms with Gasteiger partial charge in [-0.15, -0.1) is 11.8 Å². The Morgan fingerprint density at radius 1 is 1.26 bits per heavy atom. The first-order valence-corrected chi connectivity index (χ1v) is 7.70. The van der Waals surface area contributed by atoms with E-state index in [-0.39, 0.29) is 18.1 Å². The largest absolute Gasteiger partial charge is 0.392 e. The van der Waals surface area contributed by atoms with Gasteiger partial charge >= 0.3 is 0 Å². The predicted molar refractivity (Wildman–Crippen MR) is 81.0 cm³/mol. The van der Waals surface area contributed by atoms with Gasteiger partial charge in [-0.05, 0) is 31.4 Å². The zero-order valence-electron chi connectivity index (χ0n) is 11.9. The molecule has 3 nitrogen and oxygen atoms in total. The molecule has 0 unspecified atom stereocenters. The van der Waals surface area contributed by atoms with Gasteiger partial charge in [-0.25, -0.2) is 0 Å². The van der Waals surface area contributed by atoms with Crippen molar-refractivity contribution in [3.8, 4) is 0 Å². The second-order valence-corrected chi connectivity index (χ2v) is 6.24. The van der Waals surface area contributed by atoms with Crippen molar-refractivity contribution < 1.29 is 9.90 Å². The number of nitrogens with one attached hydrogen (secondary N) is 1. The van der Waals surface area contributed by atoms with Crippen molar-refractivity contribution in [1.29, 1.82) is 0 Å². The van der Waals surface area contributed by atoms with Crippen LogP contribution in [0.1, 0.15) is 38.3 Å². The second-order valence-electron chi connectivity index (χ2n) is 5.25. The van der Waals surface area contributed by atoms with Gasteiger partial charge in [0, 0.05) is 11.3 Å². The molecule has 0 saturated carbocycles. The van der Waals surface area contributed by atoms with Crippen molar-refractivity contribution in [2.24, 2.45) is 0 Å². The molecule has 0 fully saturated rings. The zero-order valence-corrected chi connectivity index (χ0v) is 12.7. The van der Waals surface area contributed by atoms with Crippen LogP contribution >= 0.6 is 11.8 Å². The maximum atomic E-state index is 11.7. The third-order valence-electron chi connectivity index (χ3n) is 3.07. The van der Waals surface area contributed by atoms with Crippen molar-refractivity contribution in [3.05, 3.63) is 35.4 Å². The van der Waals surface area contributed by atoms with Crippen LogP contribution in [0.2, 0.25) is 0 Å². The predicted octanol–water partition coefficient (Wildman–Crippen LogP) is 2.72. The Bertz CT molecular complexity index is 401. The second kappa shape index (κ2) is 7.56. The number of carbonyl (C=O) groups excluding carboxylic acids is 1. The van der Waals surface area contributed by atoms with Gasteiger partial charge in [-0.2, -0.15) is 0 Å². The number of hydrogen-bond donors (Lipinski definition) is 2. The van der Waals surface area contributed by atoms with Gasteiger partial charge in [0.2, 0.25) is 5.91 Å². The van der Waals surface area contributed by atoms with Crippen LogP contribution in [0.5, 0.6) is 0 Å². The van der Waals surface area contributed by atoms with Crippen LogP contribution in [0.25, 0.3) is 0 Å². The third-order valence-corrected chi connectivity index (χ3v) is 4.07. The van der Waals surface area contributed by atoms with E-state index in [1.807, 2.05) is 38.1 Å². The fraction of sp³-hybridized carbons (Fsp3) is 0.533. The number of benzene rings is 1. The molecule has 0 aromatic heterocycles. The first kappa shape index (κ1) is 16.1. The molecule has 0 aliphatic heterocycles. The lowest BCUT2D eigenvalue weighted by Gasteiger charge is -2.24. The van der Waals surface area contributed by atoms with Crippen LogP contribution in [0.4, 0.5) is 0 Å². The molecule has 4 heteroatoms. The molecule has 1 aromatic carbocycles. The Hall–Kier alpha value is -1.00. The molecule has 2 N–H and O–H groups in total. The first-order chi connectivity index (χ1) is 8.96. The van der Waals surface area contributed by atoms with E-state index in [4.69, 9.17) is 5.11 Å². The molecule has 0 radical (unpaired) electrons. The summed E-state index contributed by atoms with van der Waals surface area (Å²) in [7, 11) is 0. The average molecular weight is 281 g/mol. The minimum absolute atomic E-state index is 0.0714. The number of thioether (sulfide) groups is 1. The van der Waals surface area contributed by atoms with E-state index < -0.39 is 0 Å². The number of aliphatic hydroxyl groups is 1. The van der Waals surface area contributed by atoms with Gasteiger partial charge in [0.25, 0.3) is 0 Å². The van der Waals surface area contributed by atoms with Gasteiger partial charge in [-0.3, -0.25) is 4.79 Å². The zero-order chi connectivity index (χ0) is 14.3. The van der Waals surface area contributed by atoms with Crippen LogP contribution in [0.15, 0.2) is 24.3 Å². The van der Waals surface area contributed by atoms with Gasteiger partial charge in [0.05, 0.1) is 12.4 Å². The third kappa shape index (κ3) is 6.12. The van der Waals surface area contributed by atoms with Crippen LogP contribution in [-0.4, -0.2) is 22.3 Å². The summed E-state index contributed by atoms with van der Waals surface area (Å²) in [5, 5.41) is 12.0. The molecule has 19 heavy (non-hydrogen) atoms. The smallest absolute Gasteiger partial charge is 0.230 e. The SMILES string of the molecule is CCC(C)(C)NC(=O)CSCc1ccc(CO)cc1. The van der Waals surface area contributed by atoms with Crippen LogP contribution in [-0.2, 0) is 17.2 Å². The summed E-state index contributed by atoms with van der Waals surface area (Å²) in [5.41, 5.74) is 1.96. The Kier molecular flexibility index (Phi) is 6.38. The Morgan fingerprint density at radius 2 is 1.84 bits per heavy atom. The number of carbonyl (C=O) groups is 1. The van der Waals surface area contributed by atoms with Crippen molar-refractivity contribution in [2.45, 2.75) is 45.1 Å². The molecule has 0 atom stereocenters. The molecule has 106 valence electrons. The van der Waals surface area contributed by atoms with E-state index in [0.717, 1.165) is 17.7 Å². The van der Waals surface area contributed by atoms with Crippen LogP contribution < -0.4 is 5.32 Å². The highest BCUT2D eigenvalue weighted by molar-refractivity contribution is 7.99. The summed E-state index contributed by atoms with van der Waals surface area (Å²) < 4.78 is 0. The van der Waals surface area contributed by atoms with E-state index in [2.05, 4.69) is 12.2 Å². The van der Waals surface area contributed by atoms with Crippen LogP contribution in [0, 0.1) is 0 Å². The quantitative estimate of drug-likeness (QED) is 0.808. The van der Waals surface area contributed by atoms with E-state index in [1.165, 1.54) is 5.56 Å². The molecular weight excluding hydrogens is 258 g/mol. The summed E-state index contributed by atoms with van der Waals surface area (Å²) >= 11 is 1.60. The number of hydrogen-bond acceptors (Lipinski definition) is 3.